The summed E-state index contributed by atoms with van der Waals surface area (Å²) in [5, 5.41) is 14.0. The van der Waals surface area contributed by atoms with Gasteiger partial charge in [0.15, 0.2) is 0 Å². The van der Waals surface area contributed by atoms with E-state index in [0.717, 1.165) is 0 Å². The van der Waals surface area contributed by atoms with Gasteiger partial charge in [-0.25, -0.2) is 4.79 Å². The summed E-state index contributed by atoms with van der Waals surface area (Å²) < 4.78 is 4.65. The van der Waals surface area contributed by atoms with Crippen LogP contribution in [0, 0.1) is 0 Å². The number of nitrogens with one attached hydrogen (secondary N) is 1. The number of hydrogen-bond acceptors (Lipinski definition) is 5. The number of carbonyl (C=O) groups is 2. The number of phenolic OH excluding ortho intramolecular Hbond substituents is 1. The topological polar surface area (TPSA) is 75.6 Å². The van der Waals surface area contributed by atoms with E-state index in [-0.39, 0.29) is 18.1 Å². The van der Waals surface area contributed by atoms with Crippen molar-refractivity contribution in [3.05, 3.63) is 46.2 Å². The van der Waals surface area contributed by atoms with Crippen LogP contribution in [0.4, 0.5) is 5.69 Å². The van der Waals surface area contributed by atoms with Crippen LogP contribution in [-0.4, -0.2) is 24.1 Å². The Labute approximate surface area is 126 Å². The van der Waals surface area contributed by atoms with Gasteiger partial charge in [-0.2, -0.15) is 0 Å². The van der Waals surface area contributed by atoms with Crippen LogP contribution in [0.25, 0.3) is 0 Å². The first kappa shape index (κ1) is 15.1. The molecule has 1 amide bonds. The van der Waals surface area contributed by atoms with Gasteiger partial charge in [-0.15, -0.1) is 11.3 Å². The first-order valence-corrected chi connectivity index (χ1v) is 7.22. The average Bonchev–Trinajstić information content (AvgIpc) is 2.93. The van der Waals surface area contributed by atoms with Gasteiger partial charge in [0.05, 0.1) is 12.8 Å². The van der Waals surface area contributed by atoms with Crippen molar-refractivity contribution in [3.8, 4) is 5.75 Å². The quantitative estimate of drug-likeness (QED) is 0.833. The number of esters is 1. The van der Waals surface area contributed by atoms with Gasteiger partial charge in [-0.1, -0.05) is 18.2 Å². The molecule has 2 N–H and O–H groups in total. The monoisotopic (exact) mass is 305 g/mol. The van der Waals surface area contributed by atoms with E-state index in [1.807, 2.05) is 0 Å². The van der Waals surface area contributed by atoms with E-state index in [2.05, 4.69) is 10.1 Å². The number of para-hydroxylation sites is 1. The van der Waals surface area contributed by atoms with Gasteiger partial charge in [0.2, 0.25) is 5.91 Å². The van der Waals surface area contributed by atoms with Crippen LogP contribution >= 0.6 is 11.3 Å². The predicted molar refractivity (Wildman–Crippen MR) is 80.7 cm³/mol. The van der Waals surface area contributed by atoms with Crippen LogP contribution in [0.2, 0.25) is 0 Å². The molecule has 0 atom stereocenters. The fourth-order valence-electron chi connectivity index (χ4n) is 1.84. The molecule has 110 valence electrons. The zero-order valence-electron chi connectivity index (χ0n) is 11.5. The van der Waals surface area contributed by atoms with E-state index in [0.29, 0.717) is 22.5 Å². The molecule has 0 saturated heterocycles. The molecule has 6 heteroatoms. The third kappa shape index (κ3) is 3.82. The van der Waals surface area contributed by atoms with Crippen LogP contribution in [0.15, 0.2) is 35.7 Å². The Morgan fingerprint density at radius 1 is 1.29 bits per heavy atom. The van der Waals surface area contributed by atoms with E-state index in [1.54, 1.807) is 35.7 Å². The number of rotatable bonds is 5. The van der Waals surface area contributed by atoms with Gasteiger partial charge in [0.25, 0.3) is 0 Å². The van der Waals surface area contributed by atoms with Crippen LogP contribution < -0.4 is 5.32 Å². The molecule has 2 rings (SSSR count). The lowest BCUT2D eigenvalue weighted by Crippen LogP contribution is -2.14. The number of methoxy groups -OCH3 is 1. The van der Waals surface area contributed by atoms with Crippen molar-refractivity contribution in [3.63, 3.8) is 0 Å². The molecule has 1 aromatic carbocycles. The molecule has 0 aliphatic carbocycles. The highest BCUT2D eigenvalue weighted by Gasteiger charge is 2.15. The Balaban J connectivity index is 1.95. The molecule has 0 fully saturated rings. The Morgan fingerprint density at radius 2 is 2.05 bits per heavy atom. The zero-order chi connectivity index (χ0) is 15.2. The predicted octanol–water partition coefficient (Wildman–Crippen LogP) is 2.81. The minimum absolute atomic E-state index is 0.177. The van der Waals surface area contributed by atoms with E-state index in [1.165, 1.54) is 18.4 Å². The number of amides is 1. The Morgan fingerprint density at radius 3 is 2.76 bits per heavy atom. The largest absolute Gasteiger partial charge is 0.508 e. The van der Waals surface area contributed by atoms with Crippen molar-refractivity contribution in [2.24, 2.45) is 0 Å². The summed E-state index contributed by atoms with van der Waals surface area (Å²) in [5.41, 5.74) is 1.17. The van der Waals surface area contributed by atoms with E-state index >= 15 is 0 Å². The molecule has 2 aromatic rings. The molecule has 1 heterocycles. The maximum Gasteiger partial charge on any atom is 0.350 e. The Hall–Kier alpha value is -2.34. The van der Waals surface area contributed by atoms with Gasteiger partial charge >= 0.3 is 5.97 Å². The number of thiophene rings is 1. The maximum absolute atomic E-state index is 11.9. The highest BCUT2D eigenvalue weighted by atomic mass is 32.1. The van der Waals surface area contributed by atoms with Crippen LogP contribution in [0.1, 0.15) is 21.7 Å². The lowest BCUT2D eigenvalue weighted by molar-refractivity contribution is -0.116. The van der Waals surface area contributed by atoms with Crippen molar-refractivity contribution >= 4 is 28.9 Å². The Bertz CT molecular complexity index is 651. The third-order valence-corrected chi connectivity index (χ3v) is 3.82. The van der Waals surface area contributed by atoms with Gasteiger partial charge in [-0.05, 0) is 29.5 Å². The summed E-state index contributed by atoms with van der Waals surface area (Å²) in [4.78, 5) is 23.8. The first-order chi connectivity index (χ1) is 10.1. The minimum atomic E-state index is -0.471. The van der Waals surface area contributed by atoms with Crippen LogP contribution in [0.3, 0.4) is 0 Å². The fourth-order valence-corrected chi connectivity index (χ4v) is 2.61. The number of anilines is 1. The second-order valence-electron chi connectivity index (χ2n) is 4.33. The number of benzene rings is 1. The summed E-state index contributed by atoms with van der Waals surface area (Å²) in [6.07, 6.45) is 0.643. The molecule has 0 radical (unpaired) electrons. The molecule has 0 saturated carbocycles. The van der Waals surface area contributed by atoms with Crippen molar-refractivity contribution < 1.29 is 19.4 Å². The molecule has 0 unspecified atom stereocenters. The number of hydrogen-bond donors (Lipinski definition) is 2. The van der Waals surface area contributed by atoms with Gasteiger partial charge in [-0.3, -0.25) is 4.79 Å². The molecule has 21 heavy (non-hydrogen) atoms. The summed E-state index contributed by atoms with van der Waals surface area (Å²) in [6.45, 7) is 0. The van der Waals surface area contributed by atoms with E-state index in [4.69, 9.17) is 0 Å². The molecule has 0 bridgehead atoms. The fraction of sp³-hybridized carbons (Fsp3) is 0.200. The highest BCUT2D eigenvalue weighted by Crippen LogP contribution is 2.23. The van der Waals surface area contributed by atoms with Crippen molar-refractivity contribution in [1.29, 1.82) is 0 Å². The van der Waals surface area contributed by atoms with Crippen molar-refractivity contribution in [1.82, 2.24) is 0 Å². The number of carbonyl (C=O) groups excluding carboxylic acids is 2. The molecule has 1 aromatic heterocycles. The minimum Gasteiger partial charge on any atom is -0.508 e. The van der Waals surface area contributed by atoms with E-state index in [9.17, 15) is 14.7 Å². The van der Waals surface area contributed by atoms with Gasteiger partial charge in [0.1, 0.15) is 10.6 Å². The normalized spacial score (nSPS) is 10.1. The number of aromatic hydroxyl groups is 1. The summed E-state index contributed by atoms with van der Waals surface area (Å²) in [5.74, 6) is -0.515. The highest BCUT2D eigenvalue weighted by molar-refractivity contribution is 7.12. The molecule has 0 spiro atoms. The number of phenols is 1. The number of ether oxygens (including phenoxy) is 1. The maximum atomic E-state index is 11.9. The lowest BCUT2D eigenvalue weighted by Gasteiger charge is -2.06. The standard InChI is InChI=1S/C15H15NO4S/c1-20-15(19)14-11(8-9-21-14)16-13(18)7-6-10-4-2-3-5-12(10)17/h2-5,8-9,17H,6-7H2,1H3,(H,16,18). The lowest BCUT2D eigenvalue weighted by atomic mass is 10.1. The SMILES string of the molecule is COC(=O)c1sccc1NC(=O)CCc1ccccc1O. The van der Waals surface area contributed by atoms with Gasteiger partial charge in [0, 0.05) is 6.42 Å². The zero-order valence-corrected chi connectivity index (χ0v) is 12.3. The van der Waals surface area contributed by atoms with Crippen LogP contribution in [0.5, 0.6) is 5.75 Å². The van der Waals surface area contributed by atoms with Crippen LogP contribution in [-0.2, 0) is 16.0 Å². The van der Waals surface area contributed by atoms with E-state index < -0.39 is 5.97 Å². The molecular formula is C15H15NO4S. The summed E-state index contributed by atoms with van der Waals surface area (Å²) in [7, 11) is 1.30. The van der Waals surface area contributed by atoms with Gasteiger partial charge < -0.3 is 15.2 Å². The smallest absolute Gasteiger partial charge is 0.350 e. The Kier molecular flexibility index (Phi) is 4.94. The molecule has 5 nitrogen and oxygen atoms in total. The molecule has 0 aliphatic rings. The molecular weight excluding hydrogens is 290 g/mol. The average molecular weight is 305 g/mol. The van der Waals surface area contributed by atoms with Crippen molar-refractivity contribution in [2.75, 3.05) is 12.4 Å². The summed E-state index contributed by atoms with van der Waals surface area (Å²) in [6, 6.07) is 8.55. The second-order valence-corrected chi connectivity index (χ2v) is 5.25. The molecule has 0 aliphatic heterocycles. The van der Waals surface area contributed by atoms with Crippen molar-refractivity contribution in [2.45, 2.75) is 12.8 Å². The first-order valence-electron chi connectivity index (χ1n) is 6.34. The second kappa shape index (κ2) is 6.90. The number of aryl methyl sites for hydroxylation is 1. The summed E-state index contributed by atoms with van der Waals surface area (Å²) >= 11 is 1.21. The third-order valence-electron chi connectivity index (χ3n) is 2.92.